The van der Waals surface area contributed by atoms with E-state index in [9.17, 15) is 0 Å². The van der Waals surface area contributed by atoms with Gasteiger partial charge < -0.3 is 14.2 Å². The van der Waals surface area contributed by atoms with Gasteiger partial charge in [0.25, 0.3) is 0 Å². The zero-order chi connectivity index (χ0) is 26.7. The normalized spacial score (nSPS) is 21.6. The van der Waals surface area contributed by atoms with Crippen LogP contribution >= 0.6 is 22.6 Å². The quantitative estimate of drug-likeness (QED) is 0.124. The summed E-state index contributed by atoms with van der Waals surface area (Å²) in [5, 5.41) is 0. The highest BCUT2D eigenvalue weighted by Gasteiger charge is 2.45. The molecule has 39 heavy (non-hydrogen) atoms. The molecule has 0 unspecified atom stereocenters. The van der Waals surface area contributed by atoms with Crippen LogP contribution < -0.4 is 0 Å². The molecular formula is C34H36INO3. The molecule has 0 aliphatic carbocycles. The van der Waals surface area contributed by atoms with Crippen LogP contribution in [0.25, 0.3) is 0 Å². The van der Waals surface area contributed by atoms with Crippen molar-refractivity contribution < 1.29 is 14.2 Å². The number of rotatable bonds is 12. The van der Waals surface area contributed by atoms with Crippen molar-refractivity contribution in [2.24, 2.45) is 0 Å². The number of piperidine rings is 1. The van der Waals surface area contributed by atoms with E-state index in [-0.39, 0.29) is 24.4 Å². The zero-order valence-electron chi connectivity index (χ0n) is 22.1. The lowest BCUT2D eigenvalue weighted by Gasteiger charge is -2.48. The summed E-state index contributed by atoms with van der Waals surface area (Å²) in [6.45, 7) is 3.22. The summed E-state index contributed by atoms with van der Waals surface area (Å²) in [7, 11) is 0. The van der Waals surface area contributed by atoms with Crippen LogP contribution in [0.15, 0.2) is 121 Å². The largest absolute Gasteiger partial charge is 0.369 e. The van der Waals surface area contributed by atoms with Gasteiger partial charge in [0.05, 0.1) is 25.9 Å². The Kier molecular flexibility index (Phi) is 10.6. The van der Waals surface area contributed by atoms with Gasteiger partial charge in [0.2, 0.25) is 0 Å². The van der Waals surface area contributed by atoms with Crippen molar-refractivity contribution in [3.63, 3.8) is 0 Å². The maximum Gasteiger partial charge on any atom is 0.113 e. The van der Waals surface area contributed by atoms with Gasteiger partial charge in [-0.2, -0.15) is 0 Å². The van der Waals surface area contributed by atoms with Crippen LogP contribution in [0.4, 0.5) is 0 Å². The van der Waals surface area contributed by atoms with E-state index in [1.54, 1.807) is 0 Å². The lowest BCUT2D eigenvalue weighted by atomic mass is 9.93. The fourth-order valence-electron chi connectivity index (χ4n) is 5.16. The number of hydrogen-bond donors (Lipinski definition) is 0. The summed E-state index contributed by atoms with van der Waals surface area (Å²) in [5.74, 6) is 0. The monoisotopic (exact) mass is 633 g/mol. The lowest BCUT2D eigenvalue weighted by molar-refractivity contribution is -0.201. The first kappa shape index (κ1) is 28.0. The Morgan fingerprint density at radius 3 is 1.41 bits per heavy atom. The molecule has 202 valence electrons. The maximum absolute atomic E-state index is 6.77. The van der Waals surface area contributed by atoms with Crippen LogP contribution in [0.2, 0.25) is 0 Å². The van der Waals surface area contributed by atoms with Gasteiger partial charge in [0.1, 0.15) is 12.2 Å². The Balaban J connectivity index is 1.42. The highest BCUT2D eigenvalue weighted by atomic mass is 127. The molecule has 0 radical (unpaired) electrons. The van der Waals surface area contributed by atoms with E-state index in [1.807, 2.05) is 18.2 Å². The van der Waals surface area contributed by atoms with Gasteiger partial charge in [-0.15, -0.1) is 0 Å². The molecule has 1 heterocycles. The van der Waals surface area contributed by atoms with Crippen molar-refractivity contribution in [2.45, 2.75) is 50.7 Å². The fraction of sp³-hybridized carbons (Fsp3) is 0.294. The van der Waals surface area contributed by atoms with E-state index < -0.39 is 0 Å². The molecule has 0 bridgehead atoms. The molecular weight excluding hydrogens is 597 g/mol. The second-order valence-electron chi connectivity index (χ2n) is 9.99. The molecule has 0 N–H and O–H groups in total. The second kappa shape index (κ2) is 14.7. The van der Waals surface area contributed by atoms with Gasteiger partial charge >= 0.3 is 0 Å². The number of ether oxygens (including phenoxy) is 3. The Bertz CT molecular complexity index is 1230. The topological polar surface area (TPSA) is 30.9 Å². The average Bonchev–Trinajstić information content (AvgIpc) is 3.00. The van der Waals surface area contributed by atoms with Crippen molar-refractivity contribution in [3.8, 4) is 0 Å². The van der Waals surface area contributed by atoms with Crippen molar-refractivity contribution in [2.75, 3.05) is 11.0 Å². The van der Waals surface area contributed by atoms with Crippen LogP contribution in [0, 0.1) is 0 Å². The first-order chi connectivity index (χ1) is 19.3. The first-order valence-electron chi connectivity index (χ1n) is 13.6. The molecule has 1 aliphatic rings. The standard InChI is InChI=1S/C34H36INO3/c35-21-31-33(38-25-29-17-9-3-10-18-29)34(39-26-30-19-11-4-12-20-30)32(37-24-28-15-7-2-8-16-28)23-36(31)22-27-13-5-1-6-14-27/h1-20,31-34H,21-26H2/t31-,32-,33+,34+/m0/s1. The lowest BCUT2D eigenvalue weighted by Crippen LogP contribution is -2.63. The van der Waals surface area contributed by atoms with Gasteiger partial charge in [-0.3, -0.25) is 4.90 Å². The van der Waals surface area contributed by atoms with Crippen LogP contribution in [-0.4, -0.2) is 40.2 Å². The molecule has 0 saturated carbocycles. The third-order valence-corrected chi connectivity index (χ3v) is 8.12. The Morgan fingerprint density at radius 1 is 0.538 bits per heavy atom. The van der Waals surface area contributed by atoms with Gasteiger partial charge in [0, 0.05) is 23.6 Å². The summed E-state index contributed by atoms with van der Waals surface area (Å²) in [6, 6.07) is 42.0. The summed E-state index contributed by atoms with van der Waals surface area (Å²) in [6.07, 6.45) is -0.494. The second-order valence-corrected chi connectivity index (χ2v) is 10.9. The first-order valence-corrected chi connectivity index (χ1v) is 15.1. The van der Waals surface area contributed by atoms with Crippen molar-refractivity contribution in [1.29, 1.82) is 0 Å². The van der Waals surface area contributed by atoms with Crippen molar-refractivity contribution in [1.82, 2.24) is 4.90 Å². The van der Waals surface area contributed by atoms with E-state index in [0.717, 1.165) is 34.2 Å². The molecule has 4 atom stereocenters. The summed E-state index contributed by atoms with van der Waals surface area (Å²) >= 11 is 2.50. The minimum atomic E-state index is -0.204. The van der Waals surface area contributed by atoms with Gasteiger partial charge in [-0.1, -0.05) is 144 Å². The van der Waals surface area contributed by atoms with E-state index in [1.165, 1.54) is 5.56 Å². The highest BCUT2D eigenvalue weighted by molar-refractivity contribution is 14.1. The van der Waals surface area contributed by atoms with E-state index >= 15 is 0 Å². The minimum Gasteiger partial charge on any atom is -0.369 e. The highest BCUT2D eigenvalue weighted by Crippen LogP contribution is 2.30. The molecule has 4 nitrogen and oxygen atoms in total. The molecule has 1 saturated heterocycles. The summed E-state index contributed by atoms with van der Waals surface area (Å²) in [4.78, 5) is 2.52. The number of hydrogen-bond acceptors (Lipinski definition) is 4. The molecule has 0 spiro atoms. The summed E-state index contributed by atoms with van der Waals surface area (Å²) in [5.41, 5.74) is 4.76. The number of benzene rings is 4. The zero-order valence-corrected chi connectivity index (χ0v) is 24.3. The molecule has 1 aliphatic heterocycles. The maximum atomic E-state index is 6.77. The molecule has 4 aromatic carbocycles. The van der Waals surface area contributed by atoms with Crippen LogP contribution in [-0.2, 0) is 40.6 Å². The number of nitrogens with zero attached hydrogens (tertiary/aromatic N) is 1. The Hall–Kier alpha value is -2.55. The molecule has 5 rings (SSSR count). The Labute approximate surface area is 246 Å². The van der Waals surface area contributed by atoms with Gasteiger partial charge in [-0.05, 0) is 22.3 Å². The van der Waals surface area contributed by atoms with E-state index in [2.05, 4.69) is 131 Å². The van der Waals surface area contributed by atoms with E-state index in [4.69, 9.17) is 14.2 Å². The average molecular weight is 634 g/mol. The van der Waals surface area contributed by atoms with Crippen LogP contribution in [0.5, 0.6) is 0 Å². The number of alkyl halides is 1. The van der Waals surface area contributed by atoms with Gasteiger partial charge in [-0.25, -0.2) is 0 Å². The van der Waals surface area contributed by atoms with Crippen LogP contribution in [0.1, 0.15) is 22.3 Å². The molecule has 0 aromatic heterocycles. The Morgan fingerprint density at radius 2 is 0.949 bits per heavy atom. The third-order valence-electron chi connectivity index (χ3n) is 7.22. The van der Waals surface area contributed by atoms with Crippen molar-refractivity contribution >= 4 is 22.6 Å². The van der Waals surface area contributed by atoms with E-state index in [0.29, 0.717) is 19.8 Å². The van der Waals surface area contributed by atoms with Crippen LogP contribution in [0.3, 0.4) is 0 Å². The third kappa shape index (κ3) is 7.99. The predicted molar refractivity (Wildman–Crippen MR) is 165 cm³/mol. The number of likely N-dealkylation sites (tertiary alicyclic amines) is 1. The van der Waals surface area contributed by atoms with Gasteiger partial charge in [0.15, 0.2) is 0 Å². The SMILES string of the molecule is IC[C@H]1[C@@H](OCc2ccccc2)[C@H](OCc2ccccc2)[C@@H](OCc2ccccc2)CN1Cc1ccccc1. The molecule has 4 aromatic rings. The molecule has 0 amide bonds. The van der Waals surface area contributed by atoms with Crippen molar-refractivity contribution in [3.05, 3.63) is 144 Å². The molecule has 1 fully saturated rings. The molecule has 5 heteroatoms. The predicted octanol–water partition coefficient (Wildman–Crippen LogP) is 7.06. The summed E-state index contributed by atoms with van der Waals surface area (Å²) < 4.78 is 21.1. The smallest absolute Gasteiger partial charge is 0.113 e. The minimum absolute atomic E-state index is 0.141. The fourth-order valence-corrected chi connectivity index (χ4v) is 6.22. The number of halogens is 1.